The molecule has 0 saturated carbocycles. The molecule has 6 nitrogen and oxygen atoms in total. The molecule has 2 amide bonds. The second-order valence-electron chi connectivity index (χ2n) is 10.9. The van der Waals surface area contributed by atoms with Gasteiger partial charge in [-0.1, -0.05) is 60.1 Å². The van der Waals surface area contributed by atoms with E-state index in [1.807, 2.05) is 76.5 Å². The van der Waals surface area contributed by atoms with Crippen LogP contribution in [0.2, 0.25) is 5.02 Å². The Morgan fingerprint density at radius 2 is 1.68 bits per heavy atom. The third-order valence-corrected chi connectivity index (χ3v) is 8.57. The van der Waals surface area contributed by atoms with Crippen molar-refractivity contribution in [2.45, 2.75) is 51.4 Å². The summed E-state index contributed by atoms with van der Waals surface area (Å²) in [5.41, 5.74) is 4.49. The van der Waals surface area contributed by atoms with Gasteiger partial charge in [0.25, 0.3) is 5.91 Å². The fourth-order valence-corrected chi connectivity index (χ4v) is 6.39. The number of para-hydroxylation sites is 2. The van der Waals surface area contributed by atoms with Crippen molar-refractivity contribution < 1.29 is 9.59 Å². The summed E-state index contributed by atoms with van der Waals surface area (Å²) in [7, 11) is 0. The third kappa shape index (κ3) is 5.47. The van der Waals surface area contributed by atoms with Crippen LogP contribution in [0.4, 0.5) is 5.69 Å². The fraction of sp³-hybridized carbons (Fsp3) is 0.303. The monoisotopic (exact) mass is 552 g/mol. The van der Waals surface area contributed by atoms with E-state index in [4.69, 9.17) is 11.6 Å². The average molecular weight is 553 g/mol. The van der Waals surface area contributed by atoms with Crippen LogP contribution in [-0.2, 0) is 17.9 Å². The number of hydrogen-bond acceptors (Lipinski definition) is 4. The van der Waals surface area contributed by atoms with E-state index in [-0.39, 0.29) is 17.9 Å². The smallest absolute Gasteiger partial charge is 0.255 e. The van der Waals surface area contributed by atoms with Crippen LogP contribution in [0.1, 0.15) is 47.7 Å². The quantitative estimate of drug-likeness (QED) is 0.298. The van der Waals surface area contributed by atoms with Gasteiger partial charge in [0.2, 0.25) is 5.91 Å². The lowest BCUT2D eigenvalue weighted by molar-refractivity contribution is -0.116. The Kier molecular flexibility index (Phi) is 7.55. The number of rotatable bonds is 3. The van der Waals surface area contributed by atoms with Crippen LogP contribution in [0.15, 0.2) is 85.1 Å². The molecular weight excluding hydrogens is 520 g/mol. The summed E-state index contributed by atoms with van der Waals surface area (Å²) in [6.07, 6.45) is 4.60. The van der Waals surface area contributed by atoms with Crippen LogP contribution in [0.25, 0.3) is 10.9 Å². The van der Waals surface area contributed by atoms with Gasteiger partial charge in [0.15, 0.2) is 0 Å². The van der Waals surface area contributed by atoms with E-state index in [1.165, 1.54) is 5.56 Å². The SMILES string of the molecule is CC(=O)N1CC[C@H]2CC[C@@H](CN(C(=O)c3cnc4ccccc4c3)Cc3ccccc31)N2Cc1ccc(Cl)cc1. The number of carbonyl (C=O) groups excluding carboxylic acids is 2. The van der Waals surface area contributed by atoms with Crippen LogP contribution in [0.3, 0.4) is 0 Å². The number of pyridine rings is 1. The molecule has 0 radical (unpaired) electrons. The first kappa shape index (κ1) is 26.5. The molecule has 2 atom stereocenters. The fourth-order valence-electron chi connectivity index (χ4n) is 6.26. The van der Waals surface area contributed by atoms with E-state index >= 15 is 0 Å². The summed E-state index contributed by atoms with van der Waals surface area (Å²) in [5.74, 6) is -0.0290. The second kappa shape index (κ2) is 11.4. The lowest BCUT2D eigenvalue weighted by Gasteiger charge is -2.34. The number of anilines is 1. The van der Waals surface area contributed by atoms with Gasteiger partial charge in [-0.05, 0) is 60.7 Å². The lowest BCUT2D eigenvalue weighted by atomic mass is 10.1. The van der Waals surface area contributed by atoms with Gasteiger partial charge in [-0.2, -0.15) is 0 Å². The standard InChI is InChI=1S/C33H33ClN4O2/c1-23(39)37-17-16-29-14-15-30(38(29)20-24-10-12-28(34)13-11-24)22-36(21-26-7-3-5-9-32(26)37)33(40)27-18-25-6-2-4-8-31(25)35-19-27/h2-13,18-19,29-30H,14-17,20-22H2,1H3/t29-,30+/m1/s1. The van der Waals surface area contributed by atoms with Crippen molar-refractivity contribution in [2.75, 3.05) is 18.0 Å². The zero-order chi connectivity index (χ0) is 27.6. The summed E-state index contributed by atoms with van der Waals surface area (Å²) in [6, 6.07) is 26.3. The van der Waals surface area contributed by atoms with Crippen molar-refractivity contribution in [2.24, 2.45) is 0 Å². The Hall–Kier alpha value is -3.74. The zero-order valence-electron chi connectivity index (χ0n) is 22.7. The molecule has 0 N–H and O–H groups in total. The molecule has 2 aliphatic heterocycles. The van der Waals surface area contributed by atoms with Crippen molar-refractivity contribution in [3.8, 4) is 0 Å². The highest BCUT2D eigenvalue weighted by Crippen LogP contribution is 2.33. The van der Waals surface area contributed by atoms with Gasteiger partial charge in [0, 0.05) is 67.5 Å². The molecule has 0 spiro atoms. The molecule has 204 valence electrons. The highest BCUT2D eigenvalue weighted by atomic mass is 35.5. The third-order valence-electron chi connectivity index (χ3n) is 8.31. The largest absolute Gasteiger partial charge is 0.333 e. The van der Waals surface area contributed by atoms with E-state index in [0.717, 1.165) is 53.0 Å². The van der Waals surface area contributed by atoms with Gasteiger partial charge in [-0.3, -0.25) is 19.5 Å². The summed E-state index contributed by atoms with van der Waals surface area (Å²) in [6.45, 7) is 4.07. The molecule has 4 aromatic rings. The number of halogens is 1. The van der Waals surface area contributed by atoms with Crippen molar-refractivity contribution in [3.05, 3.63) is 107 Å². The minimum atomic E-state index is -0.0448. The van der Waals surface area contributed by atoms with Crippen LogP contribution in [-0.4, -0.2) is 51.8 Å². The van der Waals surface area contributed by atoms with Crippen molar-refractivity contribution >= 4 is 40.0 Å². The maximum atomic E-state index is 14.2. The number of carbonyl (C=O) groups is 2. The molecule has 3 heterocycles. The molecule has 7 heteroatoms. The number of hydrogen-bond donors (Lipinski definition) is 0. The average Bonchev–Trinajstić information content (AvgIpc) is 3.33. The van der Waals surface area contributed by atoms with Gasteiger partial charge in [-0.25, -0.2) is 0 Å². The molecule has 3 aromatic carbocycles. The summed E-state index contributed by atoms with van der Waals surface area (Å²) in [5, 5.41) is 1.67. The van der Waals surface area contributed by atoms with Gasteiger partial charge < -0.3 is 9.80 Å². The normalized spacial score (nSPS) is 19.8. The molecule has 2 aliphatic rings. The van der Waals surface area contributed by atoms with Gasteiger partial charge in [0.05, 0.1) is 11.1 Å². The maximum Gasteiger partial charge on any atom is 0.255 e. The number of fused-ring (bicyclic) bond motifs is 4. The first-order valence-corrected chi connectivity index (χ1v) is 14.3. The van der Waals surface area contributed by atoms with Gasteiger partial charge in [0.1, 0.15) is 0 Å². The maximum absolute atomic E-state index is 14.2. The molecule has 2 bridgehead atoms. The second-order valence-corrected chi connectivity index (χ2v) is 11.3. The predicted octanol–water partition coefficient (Wildman–Crippen LogP) is 6.32. The molecule has 0 aliphatic carbocycles. The molecule has 1 fully saturated rings. The number of nitrogens with zero attached hydrogens (tertiary/aromatic N) is 4. The van der Waals surface area contributed by atoms with Crippen LogP contribution < -0.4 is 4.90 Å². The molecule has 6 rings (SSSR count). The molecular formula is C33H33ClN4O2. The summed E-state index contributed by atoms with van der Waals surface area (Å²) >= 11 is 6.17. The minimum absolute atomic E-state index is 0.0158. The number of aromatic nitrogens is 1. The molecule has 1 saturated heterocycles. The highest BCUT2D eigenvalue weighted by molar-refractivity contribution is 6.30. The van der Waals surface area contributed by atoms with Crippen molar-refractivity contribution in [1.29, 1.82) is 0 Å². The Morgan fingerprint density at radius 3 is 2.50 bits per heavy atom. The van der Waals surface area contributed by atoms with Crippen LogP contribution in [0.5, 0.6) is 0 Å². The van der Waals surface area contributed by atoms with Gasteiger partial charge in [-0.15, -0.1) is 0 Å². The first-order valence-electron chi connectivity index (χ1n) is 14.0. The Balaban J connectivity index is 1.39. The van der Waals surface area contributed by atoms with E-state index in [0.29, 0.717) is 31.2 Å². The van der Waals surface area contributed by atoms with Crippen LogP contribution >= 0.6 is 11.6 Å². The van der Waals surface area contributed by atoms with E-state index < -0.39 is 0 Å². The van der Waals surface area contributed by atoms with E-state index in [9.17, 15) is 9.59 Å². The Bertz CT molecular complexity index is 1540. The summed E-state index contributed by atoms with van der Waals surface area (Å²) < 4.78 is 0. The Morgan fingerprint density at radius 1 is 0.925 bits per heavy atom. The number of benzene rings is 3. The van der Waals surface area contributed by atoms with E-state index in [2.05, 4.69) is 22.0 Å². The number of amides is 2. The zero-order valence-corrected chi connectivity index (χ0v) is 23.4. The first-order chi connectivity index (χ1) is 19.5. The molecule has 1 aromatic heterocycles. The lowest BCUT2D eigenvalue weighted by Crippen LogP contribution is -2.45. The van der Waals surface area contributed by atoms with Crippen molar-refractivity contribution in [1.82, 2.24) is 14.8 Å². The molecule has 40 heavy (non-hydrogen) atoms. The Labute approximate surface area is 240 Å². The minimum Gasteiger partial charge on any atom is -0.333 e. The van der Waals surface area contributed by atoms with Crippen LogP contribution in [0, 0.1) is 0 Å². The predicted molar refractivity (Wildman–Crippen MR) is 159 cm³/mol. The molecule has 0 unspecified atom stereocenters. The van der Waals surface area contributed by atoms with E-state index in [1.54, 1.807) is 13.1 Å². The highest BCUT2D eigenvalue weighted by Gasteiger charge is 2.37. The van der Waals surface area contributed by atoms with Gasteiger partial charge >= 0.3 is 0 Å². The topological polar surface area (TPSA) is 56.8 Å². The summed E-state index contributed by atoms with van der Waals surface area (Å²) in [4.78, 5) is 38.0. The van der Waals surface area contributed by atoms with Crippen molar-refractivity contribution in [3.63, 3.8) is 0 Å².